The molecule has 0 bridgehead atoms. The fourth-order valence-corrected chi connectivity index (χ4v) is 0.343. The van der Waals surface area contributed by atoms with Gasteiger partial charge >= 0.3 is 0 Å². The van der Waals surface area contributed by atoms with Crippen molar-refractivity contribution in [3.63, 3.8) is 0 Å². The highest BCUT2D eigenvalue weighted by molar-refractivity contribution is 5.04. The van der Waals surface area contributed by atoms with E-state index < -0.39 is 0 Å². The Morgan fingerprint density at radius 3 is 2.67 bits per heavy atom. The third-order valence-corrected chi connectivity index (χ3v) is 0.731. The average molecular weight is 119 g/mol. The molecule has 0 saturated carbocycles. The van der Waals surface area contributed by atoms with Crippen molar-refractivity contribution in [2.24, 2.45) is 0 Å². The van der Waals surface area contributed by atoms with Crippen LogP contribution in [0.2, 0.25) is 0 Å². The normalized spacial score (nSPS) is 10.7. The maximum Gasteiger partial charge on any atom is -0.0163 e. The van der Waals surface area contributed by atoms with Crippen molar-refractivity contribution in [2.75, 3.05) is 0 Å². The lowest BCUT2D eigenvalue weighted by Crippen LogP contribution is -1.53. The highest BCUT2D eigenvalue weighted by Gasteiger charge is 1.63. The number of allylic oxidation sites excluding steroid dienone is 6. The summed E-state index contributed by atoms with van der Waals surface area (Å²) in [7, 11) is 0. The van der Waals surface area contributed by atoms with Crippen LogP contribution in [-0.4, -0.2) is 0 Å². The van der Waals surface area contributed by atoms with Crippen LogP contribution in [0.5, 0.6) is 0 Å². The van der Waals surface area contributed by atoms with E-state index in [-0.39, 0.29) is 0 Å². The molecule has 0 aliphatic carbocycles. The minimum atomic E-state index is 0.876. The summed E-state index contributed by atoms with van der Waals surface area (Å²) in [6.45, 7) is 7.08. The minimum Gasteiger partial charge on any atom is -0.103 e. The molecule has 0 aromatic heterocycles. The lowest BCUT2D eigenvalue weighted by molar-refractivity contribution is 1.40. The molecule has 0 aromatic carbocycles. The van der Waals surface area contributed by atoms with Gasteiger partial charge in [-0.3, -0.25) is 0 Å². The van der Waals surface area contributed by atoms with Crippen molar-refractivity contribution in [3.05, 3.63) is 49.6 Å². The maximum atomic E-state index is 3.56. The summed E-state index contributed by atoms with van der Waals surface area (Å²) in [5, 5.41) is 0. The van der Waals surface area contributed by atoms with Crippen LogP contribution in [0.25, 0.3) is 0 Å². The SMILES string of the molecule is C=CC=C/[C]=C/CC=C. The molecule has 9 heavy (non-hydrogen) atoms. The Bertz CT molecular complexity index is 127. The highest BCUT2D eigenvalue weighted by Crippen LogP contribution is 1.82. The maximum absolute atomic E-state index is 3.56. The molecule has 0 aliphatic rings. The molecule has 47 valence electrons. The van der Waals surface area contributed by atoms with Crippen molar-refractivity contribution in [3.8, 4) is 0 Å². The van der Waals surface area contributed by atoms with E-state index in [0.29, 0.717) is 0 Å². The summed E-state index contributed by atoms with van der Waals surface area (Å²) in [5.41, 5.74) is 0. The van der Waals surface area contributed by atoms with Gasteiger partial charge in [-0.05, 0) is 12.5 Å². The monoisotopic (exact) mass is 119 g/mol. The van der Waals surface area contributed by atoms with Crippen LogP contribution in [-0.2, 0) is 0 Å². The van der Waals surface area contributed by atoms with Crippen LogP contribution in [0, 0.1) is 6.08 Å². The largest absolute Gasteiger partial charge is 0.103 e. The van der Waals surface area contributed by atoms with Crippen LogP contribution >= 0.6 is 0 Å². The van der Waals surface area contributed by atoms with Gasteiger partial charge in [0.15, 0.2) is 0 Å². The van der Waals surface area contributed by atoms with E-state index in [0.717, 1.165) is 6.42 Å². The number of hydrogen-bond donors (Lipinski definition) is 0. The quantitative estimate of drug-likeness (QED) is 0.394. The molecular weight excluding hydrogens is 108 g/mol. The van der Waals surface area contributed by atoms with Gasteiger partial charge in [-0.1, -0.05) is 37.0 Å². The Hall–Kier alpha value is -1.04. The fourth-order valence-electron chi connectivity index (χ4n) is 0.343. The van der Waals surface area contributed by atoms with Crippen LogP contribution in [0.1, 0.15) is 6.42 Å². The second kappa shape index (κ2) is 6.96. The van der Waals surface area contributed by atoms with Gasteiger partial charge in [0.25, 0.3) is 0 Å². The summed E-state index contributed by atoms with van der Waals surface area (Å²) in [4.78, 5) is 0. The second-order valence-electron chi connectivity index (χ2n) is 1.49. The third kappa shape index (κ3) is 6.96. The summed E-state index contributed by atoms with van der Waals surface area (Å²) >= 11 is 0. The molecule has 0 saturated heterocycles. The van der Waals surface area contributed by atoms with E-state index in [1.807, 2.05) is 24.3 Å². The Morgan fingerprint density at radius 2 is 2.11 bits per heavy atom. The van der Waals surface area contributed by atoms with Crippen molar-refractivity contribution < 1.29 is 0 Å². The van der Waals surface area contributed by atoms with Crippen molar-refractivity contribution in [1.82, 2.24) is 0 Å². The van der Waals surface area contributed by atoms with Gasteiger partial charge in [0, 0.05) is 0 Å². The summed E-state index contributed by atoms with van der Waals surface area (Å²) in [6.07, 6.45) is 12.9. The number of hydrogen-bond acceptors (Lipinski definition) is 0. The predicted octanol–water partition coefficient (Wildman–Crippen LogP) is 2.66. The predicted molar refractivity (Wildman–Crippen MR) is 42.0 cm³/mol. The molecule has 0 amide bonds. The first-order valence-electron chi connectivity index (χ1n) is 2.88. The molecule has 0 unspecified atom stereocenters. The van der Waals surface area contributed by atoms with Gasteiger partial charge in [0.1, 0.15) is 0 Å². The van der Waals surface area contributed by atoms with E-state index in [4.69, 9.17) is 0 Å². The molecule has 1 radical (unpaired) electrons. The smallest absolute Gasteiger partial charge is 0.0163 e. The first-order valence-corrected chi connectivity index (χ1v) is 2.88. The molecule has 0 N–H and O–H groups in total. The van der Waals surface area contributed by atoms with Crippen LogP contribution < -0.4 is 0 Å². The lowest BCUT2D eigenvalue weighted by atomic mass is 10.3. The number of rotatable bonds is 4. The molecule has 0 aliphatic heterocycles. The van der Waals surface area contributed by atoms with Gasteiger partial charge < -0.3 is 0 Å². The molecule has 0 rings (SSSR count). The zero-order valence-corrected chi connectivity index (χ0v) is 5.51. The van der Waals surface area contributed by atoms with Crippen LogP contribution in [0.15, 0.2) is 43.5 Å². The first-order chi connectivity index (χ1) is 4.41. The fraction of sp³-hybridized carbons (Fsp3) is 0.111. The Balaban J connectivity index is 3.33. The average Bonchev–Trinajstić information content (AvgIpc) is 1.89. The first kappa shape index (κ1) is 7.96. The lowest BCUT2D eigenvalue weighted by Gasteiger charge is -1.73. The van der Waals surface area contributed by atoms with Gasteiger partial charge in [-0.2, -0.15) is 0 Å². The Morgan fingerprint density at radius 1 is 1.33 bits per heavy atom. The van der Waals surface area contributed by atoms with Crippen LogP contribution in [0.4, 0.5) is 0 Å². The zero-order chi connectivity index (χ0) is 6.95. The van der Waals surface area contributed by atoms with E-state index in [9.17, 15) is 0 Å². The van der Waals surface area contributed by atoms with Gasteiger partial charge in [0.05, 0.1) is 0 Å². The zero-order valence-electron chi connectivity index (χ0n) is 5.51. The molecule has 0 atom stereocenters. The van der Waals surface area contributed by atoms with E-state index in [1.165, 1.54) is 0 Å². The summed E-state index contributed by atoms with van der Waals surface area (Å²) < 4.78 is 0. The Kier molecular flexibility index (Phi) is 6.16. The van der Waals surface area contributed by atoms with Gasteiger partial charge in [-0.15, -0.1) is 6.58 Å². The van der Waals surface area contributed by atoms with E-state index >= 15 is 0 Å². The van der Waals surface area contributed by atoms with Gasteiger partial charge in [0.2, 0.25) is 0 Å². The van der Waals surface area contributed by atoms with E-state index in [2.05, 4.69) is 19.2 Å². The standard InChI is InChI=1S/C9H11/c1-3-5-7-9-8-6-4-2/h3-5,7-8H,1-2,6H2. The van der Waals surface area contributed by atoms with Crippen molar-refractivity contribution in [2.45, 2.75) is 6.42 Å². The third-order valence-electron chi connectivity index (χ3n) is 0.731. The topological polar surface area (TPSA) is 0 Å². The molecule has 0 nitrogen and oxygen atoms in total. The summed E-state index contributed by atoms with van der Waals surface area (Å²) in [6, 6.07) is 0. The van der Waals surface area contributed by atoms with Gasteiger partial charge in [-0.25, -0.2) is 0 Å². The Labute approximate surface area is 56.9 Å². The molecule has 0 heteroatoms. The van der Waals surface area contributed by atoms with Crippen molar-refractivity contribution in [1.29, 1.82) is 0 Å². The molecule has 0 aromatic rings. The molecule has 0 spiro atoms. The molecular formula is C9H11. The molecule has 0 heterocycles. The minimum absolute atomic E-state index is 0.876. The van der Waals surface area contributed by atoms with Crippen molar-refractivity contribution >= 4 is 0 Å². The van der Waals surface area contributed by atoms with E-state index in [1.54, 1.807) is 6.08 Å². The second-order valence-corrected chi connectivity index (χ2v) is 1.49. The van der Waals surface area contributed by atoms with Crippen LogP contribution in [0.3, 0.4) is 0 Å². The summed E-state index contributed by atoms with van der Waals surface area (Å²) in [5.74, 6) is 0. The molecule has 0 fully saturated rings. The highest BCUT2D eigenvalue weighted by atomic mass is 13.7.